The molecule has 21 heavy (non-hydrogen) atoms. The number of carboxylic acids is 1. The summed E-state index contributed by atoms with van der Waals surface area (Å²) in [5, 5.41) is 11.2. The third-order valence-corrected chi connectivity index (χ3v) is 4.69. The Hall–Kier alpha value is -2.14. The third kappa shape index (κ3) is 2.69. The summed E-state index contributed by atoms with van der Waals surface area (Å²) in [6.07, 6.45) is 0.871. The standard InChI is InChI=1S/C16H15NO3S/c1-10-6-12(8-13(7-10)16(19)20)15(18)17-4-2-14-11(9-17)3-5-21-14/h3,5-8H,2,4,9H2,1H3,(H,19,20). The summed E-state index contributed by atoms with van der Waals surface area (Å²) in [6.45, 7) is 3.09. The Kier molecular flexibility index (Phi) is 3.51. The predicted molar refractivity (Wildman–Crippen MR) is 80.9 cm³/mol. The minimum Gasteiger partial charge on any atom is -0.478 e. The number of amides is 1. The van der Waals surface area contributed by atoms with Crippen molar-refractivity contribution in [2.75, 3.05) is 6.54 Å². The number of aryl methyl sites for hydroxylation is 1. The number of thiophene rings is 1. The molecule has 108 valence electrons. The molecule has 0 atom stereocenters. The largest absolute Gasteiger partial charge is 0.478 e. The summed E-state index contributed by atoms with van der Waals surface area (Å²) in [5.74, 6) is -1.11. The van der Waals surface area contributed by atoms with Gasteiger partial charge in [-0.2, -0.15) is 0 Å². The Morgan fingerprint density at radius 1 is 1.24 bits per heavy atom. The van der Waals surface area contributed by atoms with Gasteiger partial charge in [-0.05, 0) is 54.1 Å². The summed E-state index contributed by atoms with van der Waals surface area (Å²) >= 11 is 1.73. The second kappa shape index (κ2) is 5.33. The molecule has 0 fully saturated rings. The highest BCUT2D eigenvalue weighted by Gasteiger charge is 2.23. The van der Waals surface area contributed by atoms with Crippen molar-refractivity contribution in [1.82, 2.24) is 4.90 Å². The van der Waals surface area contributed by atoms with E-state index in [4.69, 9.17) is 5.11 Å². The van der Waals surface area contributed by atoms with E-state index < -0.39 is 5.97 Å². The number of carboxylic acid groups (broad SMARTS) is 1. The van der Waals surface area contributed by atoms with E-state index in [1.54, 1.807) is 35.3 Å². The molecule has 5 heteroatoms. The van der Waals surface area contributed by atoms with Crippen LogP contribution < -0.4 is 0 Å². The molecular weight excluding hydrogens is 286 g/mol. The average Bonchev–Trinajstić information content (AvgIpc) is 2.93. The number of carbonyl (C=O) groups is 2. The number of nitrogens with zero attached hydrogens (tertiary/aromatic N) is 1. The van der Waals surface area contributed by atoms with Gasteiger partial charge in [-0.25, -0.2) is 4.79 Å². The summed E-state index contributed by atoms with van der Waals surface area (Å²) < 4.78 is 0. The zero-order valence-corrected chi connectivity index (χ0v) is 12.4. The van der Waals surface area contributed by atoms with Crippen LogP contribution in [0.4, 0.5) is 0 Å². The van der Waals surface area contributed by atoms with Crippen molar-refractivity contribution < 1.29 is 14.7 Å². The van der Waals surface area contributed by atoms with E-state index in [-0.39, 0.29) is 11.5 Å². The molecule has 1 amide bonds. The molecule has 0 aliphatic carbocycles. The van der Waals surface area contributed by atoms with Crippen LogP contribution >= 0.6 is 11.3 Å². The maximum atomic E-state index is 12.6. The molecule has 1 aromatic carbocycles. The van der Waals surface area contributed by atoms with Gasteiger partial charge in [-0.1, -0.05) is 0 Å². The van der Waals surface area contributed by atoms with Crippen molar-refractivity contribution in [2.45, 2.75) is 19.9 Å². The molecule has 4 nitrogen and oxygen atoms in total. The summed E-state index contributed by atoms with van der Waals surface area (Å²) in [5.41, 5.74) is 2.59. The first kappa shape index (κ1) is 13.8. The van der Waals surface area contributed by atoms with E-state index in [1.807, 2.05) is 5.38 Å². The molecule has 0 saturated carbocycles. The molecule has 0 unspecified atom stereocenters. The number of rotatable bonds is 2. The molecule has 1 aromatic heterocycles. The molecule has 1 aliphatic heterocycles. The van der Waals surface area contributed by atoms with E-state index in [0.29, 0.717) is 18.7 Å². The van der Waals surface area contributed by atoms with Crippen LogP contribution in [0.15, 0.2) is 29.6 Å². The first-order valence-corrected chi connectivity index (χ1v) is 7.62. The number of benzene rings is 1. The van der Waals surface area contributed by atoms with Crippen molar-refractivity contribution in [1.29, 1.82) is 0 Å². The van der Waals surface area contributed by atoms with Crippen LogP contribution in [0.25, 0.3) is 0 Å². The molecule has 3 rings (SSSR count). The van der Waals surface area contributed by atoms with Gasteiger partial charge >= 0.3 is 5.97 Å². The van der Waals surface area contributed by atoms with Crippen LogP contribution in [0.1, 0.15) is 36.7 Å². The highest BCUT2D eigenvalue weighted by atomic mass is 32.1. The van der Waals surface area contributed by atoms with Crippen LogP contribution in [-0.2, 0) is 13.0 Å². The molecule has 1 aliphatic rings. The summed E-state index contributed by atoms with van der Waals surface area (Å²) in [4.78, 5) is 26.8. The molecule has 0 radical (unpaired) electrons. The van der Waals surface area contributed by atoms with Crippen LogP contribution in [0.5, 0.6) is 0 Å². The van der Waals surface area contributed by atoms with Gasteiger partial charge < -0.3 is 10.0 Å². The van der Waals surface area contributed by atoms with Crippen molar-refractivity contribution in [2.24, 2.45) is 0 Å². The van der Waals surface area contributed by atoms with Gasteiger partial charge in [0.15, 0.2) is 0 Å². The van der Waals surface area contributed by atoms with E-state index >= 15 is 0 Å². The number of hydrogen-bond acceptors (Lipinski definition) is 3. The lowest BCUT2D eigenvalue weighted by atomic mass is 10.0. The van der Waals surface area contributed by atoms with Crippen molar-refractivity contribution in [3.8, 4) is 0 Å². The van der Waals surface area contributed by atoms with Crippen LogP contribution in [0.3, 0.4) is 0 Å². The van der Waals surface area contributed by atoms with Gasteiger partial charge in [0.1, 0.15) is 0 Å². The fraction of sp³-hybridized carbons (Fsp3) is 0.250. The highest BCUT2D eigenvalue weighted by Crippen LogP contribution is 2.25. The van der Waals surface area contributed by atoms with Crippen molar-refractivity contribution in [3.05, 3.63) is 56.8 Å². The van der Waals surface area contributed by atoms with E-state index in [2.05, 4.69) is 6.07 Å². The molecule has 1 N–H and O–H groups in total. The van der Waals surface area contributed by atoms with Crippen LogP contribution in [0, 0.1) is 6.92 Å². The number of fused-ring (bicyclic) bond motifs is 1. The number of carbonyl (C=O) groups excluding carboxylic acids is 1. The molecule has 0 spiro atoms. The molecular formula is C16H15NO3S. The quantitative estimate of drug-likeness (QED) is 0.928. The zero-order valence-electron chi connectivity index (χ0n) is 11.6. The minimum absolute atomic E-state index is 0.0990. The van der Waals surface area contributed by atoms with Crippen molar-refractivity contribution in [3.63, 3.8) is 0 Å². The maximum Gasteiger partial charge on any atom is 0.335 e. The normalized spacial score (nSPS) is 13.9. The fourth-order valence-corrected chi connectivity index (χ4v) is 3.52. The molecule has 0 saturated heterocycles. The number of hydrogen-bond donors (Lipinski definition) is 1. The molecule has 2 aromatic rings. The Morgan fingerprint density at radius 2 is 2.00 bits per heavy atom. The maximum absolute atomic E-state index is 12.6. The Labute approximate surface area is 126 Å². The van der Waals surface area contributed by atoms with Gasteiger partial charge in [-0.15, -0.1) is 11.3 Å². The van der Waals surface area contributed by atoms with Gasteiger partial charge in [0, 0.05) is 23.5 Å². The van der Waals surface area contributed by atoms with Gasteiger partial charge in [0.25, 0.3) is 5.91 Å². The highest BCUT2D eigenvalue weighted by molar-refractivity contribution is 7.10. The Balaban J connectivity index is 1.88. The summed E-state index contributed by atoms with van der Waals surface area (Å²) in [7, 11) is 0. The van der Waals surface area contributed by atoms with Gasteiger partial charge in [0.2, 0.25) is 0 Å². The zero-order chi connectivity index (χ0) is 15.0. The molecule has 0 bridgehead atoms. The smallest absolute Gasteiger partial charge is 0.335 e. The lowest BCUT2D eigenvalue weighted by molar-refractivity contribution is 0.0696. The summed E-state index contributed by atoms with van der Waals surface area (Å²) in [6, 6.07) is 6.84. The van der Waals surface area contributed by atoms with E-state index in [1.165, 1.54) is 16.5 Å². The first-order chi connectivity index (χ1) is 10.0. The third-order valence-electron chi connectivity index (χ3n) is 3.67. The lowest BCUT2D eigenvalue weighted by Gasteiger charge is -2.27. The van der Waals surface area contributed by atoms with Crippen LogP contribution in [0.2, 0.25) is 0 Å². The number of aromatic carboxylic acids is 1. The van der Waals surface area contributed by atoms with Gasteiger partial charge in [-0.3, -0.25) is 4.79 Å². The molecule has 2 heterocycles. The lowest BCUT2D eigenvalue weighted by Crippen LogP contribution is -2.35. The first-order valence-electron chi connectivity index (χ1n) is 6.74. The Bertz CT molecular complexity index is 720. The monoisotopic (exact) mass is 301 g/mol. The van der Waals surface area contributed by atoms with E-state index in [0.717, 1.165) is 12.0 Å². The van der Waals surface area contributed by atoms with Crippen LogP contribution in [-0.4, -0.2) is 28.4 Å². The second-order valence-corrected chi connectivity index (χ2v) is 6.24. The van der Waals surface area contributed by atoms with Gasteiger partial charge in [0.05, 0.1) is 5.56 Å². The SMILES string of the molecule is Cc1cc(C(=O)O)cc(C(=O)N2CCc3sccc3C2)c1. The fourth-order valence-electron chi connectivity index (χ4n) is 2.63. The minimum atomic E-state index is -1.01. The van der Waals surface area contributed by atoms with Crippen molar-refractivity contribution >= 4 is 23.2 Å². The average molecular weight is 301 g/mol. The second-order valence-electron chi connectivity index (χ2n) is 5.24. The Morgan fingerprint density at radius 3 is 2.76 bits per heavy atom. The predicted octanol–water partition coefficient (Wildman–Crippen LogP) is 2.95. The topological polar surface area (TPSA) is 57.6 Å². The van der Waals surface area contributed by atoms with E-state index in [9.17, 15) is 9.59 Å².